The first kappa shape index (κ1) is 10.6. The van der Waals surface area contributed by atoms with Gasteiger partial charge in [0, 0.05) is 18.8 Å². The SMILES string of the molecule is NC(=O)c1n[nH]c(C2C=Nc3ccnn3CC2)n1. The molecule has 0 bridgehead atoms. The van der Waals surface area contributed by atoms with Crippen molar-refractivity contribution >= 4 is 17.9 Å². The minimum Gasteiger partial charge on any atom is -0.363 e. The molecular weight excluding hydrogens is 234 g/mol. The highest BCUT2D eigenvalue weighted by Gasteiger charge is 2.19. The Bertz CT molecular complexity index is 611. The highest BCUT2D eigenvalue weighted by molar-refractivity contribution is 5.88. The van der Waals surface area contributed by atoms with E-state index in [4.69, 9.17) is 5.73 Å². The molecule has 2 aromatic rings. The normalized spacial score (nSPS) is 18.3. The number of aromatic nitrogens is 5. The Morgan fingerprint density at radius 1 is 1.56 bits per heavy atom. The van der Waals surface area contributed by atoms with Crippen molar-refractivity contribution in [2.75, 3.05) is 0 Å². The fraction of sp³-hybridized carbons (Fsp3) is 0.300. The molecule has 3 N–H and O–H groups in total. The van der Waals surface area contributed by atoms with Crippen LogP contribution >= 0.6 is 0 Å². The number of H-pyrrole nitrogens is 1. The maximum Gasteiger partial charge on any atom is 0.288 e. The summed E-state index contributed by atoms with van der Waals surface area (Å²) in [4.78, 5) is 19.3. The Balaban J connectivity index is 1.85. The average molecular weight is 245 g/mol. The van der Waals surface area contributed by atoms with Gasteiger partial charge >= 0.3 is 0 Å². The van der Waals surface area contributed by atoms with E-state index >= 15 is 0 Å². The summed E-state index contributed by atoms with van der Waals surface area (Å²) in [5, 5.41) is 10.6. The van der Waals surface area contributed by atoms with Crippen LogP contribution in [-0.2, 0) is 6.54 Å². The molecule has 3 heterocycles. The summed E-state index contributed by atoms with van der Waals surface area (Å²) in [6, 6.07) is 1.84. The van der Waals surface area contributed by atoms with Crippen molar-refractivity contribution in [3.05, 3.63) is 23.9 Å². The summed E-state index contributed by atoms with van der Waals surface area (Å²) in [6.45, 7) is 0.736. The lowest BCUT2D eigenvalue weighted by Gasteiger charge is -2.05. The summed E-state index contributed by atoms with van der Waals surface area (Å²) in [6.07, 6.45) is 4.28. The van der Waals surface area contributed by atoms with E-state index < -0.39 is 5.91 Å². The summed E-state index contributed by atoms with van der Waals surface area (Å²) in [5.74, 6) is 0.745. The summed E-state index contributed by atoms with van der Waals surface area (Å²) >= 11 is 0. The molecule has 1 amide bonds. The predicted octanol–water partition coefficient (Wildman–Crippen LogP) is -0.0101. The van der Waals surface area contributed by atoms with Crippen molar-refractivity contribution in [1.82, 2.24) is 25.0 Å². The third-order valence-corrected chi connectivity index (χ3v) is 2.81. The van der Waals surface area contributed by atoms with Crippen LogP contribution in [0.4, 0.5) is 5.82 Å². The zero-order valence-electron chi connectivity index (χ0n) is 9.45. The van der Waals surface area contributed by atoms with E-state index in [1.807, 2.05) is 10.7 Å². The third kappa shape index (κ3) is 1.77. The van der Waals surface area contributed by atoms with Gasteiger partial charge in [0.25, 0.3) is 5.91 Å². The number of carbonyl (C=O) groups excluding carboxylic acids is 1. The molecule has 0 fully saturated rings. The van der Waals surface area contributed by atoms with Gasteiger partial charge in [-0.05, 0) is 6.42 Å². The summed E-state index contributed by atoms with van der Waals surface area (Å²) in [7, 11) is 0. The number of amides is 1. The van der Waals surface area contributed by atoms with Gasteiger partial charge in [-0.3, -0.25) is 9.89 Å². The van der Waals surface area contributed by atoms with E-state index in [-0.39, 0.29) is 11.7 Å². The number of hydrogen-bond donors (Lipinski definition) is 2. The Kier molecular flexibility index (Phi) is 2.40. The van der Waals surface area contributed by atoms with Crippen LogP contribution in [0.5, 0.6) is 0 Å². The highest BCUT2D eigenvalue weighted by atomic mass is 16.1. The average Bonchev–Trinajstić information content (AvgIpc) is 2.96. The van der Waals surface area contributed by atoms with Gasteiger partial charge in [0.15, 0.2) is 0 Å². The van der Waals surface area contributed by atoms with Gasteiger partial charge in [0.05, 0.1) is 12.1 Å². The molecule has 2 aromatic heterocycles. The van der Waals surface area contributed by atoms with Crippen LogP contribution in [0.15, 0.2) is 17.3 Å². The third-order valence-electron chi connectivity index (χ3n) is 2.81. The van der Waals surface area contributed by atoms with Gasteiger partial charge < -0.3 is 5.73 Å². The van der Waals surface area contributed by atoms with Gasteiger partial charge in [-0.25, -0.2) is 14.7 Å². The lowest BCUT2D eigenvalue weighted by atomic mass is 10.1. The molecular formula is C10H11N7O. The molecule has 18 heavy (non-hydrogen) atoms. The molecule has 1 atom stereocenters. The maximum atomic E-state index is 10.9. The second-order valence-electron chi connectivity index (χ2n) is 3.99. The number of aryl methyl sites for hydroxylation is 1. The molecule has 0 aromatic carbocycles. The molecule has 8 nitrogen and oxygen atoms in total. The number of primary amides is 1. The van der Waals surface area contributed by atoms with Crippen LogP contribution in [0, 0.1) is 0 Å². The molecule has 1 unspecified atom stereocenters. The zero-order valence-corrected chi connectivity index (χ0v) is 9.45. The zero-order chi connectivity index (χ0) is 12.5. The van der Waals surface area contributed by atoms with E-state index in [1.165, 1.54) is 0 Å². The van der Waals surface area contributed by atoms with Crippen molar-refractivity contribution in [2.45, 2.75) is 18.9 Å². The van der Waals surface area contributed by atoms with E-state index in [2.05, 4.69) is 25.3 Å². The smallest absolute Gasteiger partial charge is 0.288 e. The number of fused-ring (bicyclic) bond motifs is 1. The minimum atomic E-state index is -0.643. The Hall–Kier alpha value is -2.51. The van der Waals surface area contributed by atoms with Crippen LogP contribution in [0.3, 0.4) is 0 Å². The van der Waals surface area contributed by atoms with Crippen LogP contribution in [-0.4, -0.2) is 37.1 Å². The van der Waals surface area contributed by atoms with Gasteiger partial charge in [-0.15, -0.1) is 5.10 Å². The minimum absolute atomic E-state index is 0.000355. The second kappa shape index (κ2) is 4.06. The number of rotatable bonds is 2. The van der Waals surface area contributed by atoms with E-state index in [0.29, 0.717) is 5.82 Å². The summed E-state index contributed by atoms with van der Waals surface area (Å²) in [5.41, 5.74) is 5.11. The predicted molar refractivity (Wildman–Crippen MR) is 62.6 cm³/mol. The van der Waals surface area contributed by atoms with E-state index in [9.17, 15) is 4.79 Å². The second-order valence-corrected chi connectivity index (χ2v) is 3.99. The number of nitrogens with zero attached hydrogens (tertiary/aromatic N) is 5. The molecule has 0 aliphatic carbocycles. The number of nitrogens with one attached hydrogen (secondary N) is 1. The molecule has 3 rings (SSSR count). The molecule has 1 aliphatic rings. The van der Waals surface area contributed by atoms with Gasteiger partial charge in [-0.2, -0.15) is 5.10 Å². The lowest BCUT2D eigenvalue weighted by Crippen LogP contribution is -2.13. The molecule has 0 radical (unpaired) electrons. The first-order valence-electron chi connectivity index (χ1n) is 5.52. The molecule has 92 valence electrons. The first-order chi connectivity index (χ1) is 8.74. The van der Waals surface area contributed by atoms with Crippen LogP contribution in [0.2, 0.25) is 0 Å². The monoisotopic (exact) mass is 245 g/mol. The van der Waals surface area contributed by atoms with Crippen LogP contribution in [0.1, 0.15) is 28.8 Å². The van der Waals surface area contributed by atoms with Crippen molar-refractivity contribution in [3.63, 3.8) is 0 Å². The van der Waals surface area contributed by atoms with Crippen molar-refractivity contribution in [3.8, 4) is 0 Å². The largest absolute Gasteiger partial charge is 0.363 e. The van der Waals surface area contributed by atoms with Crippen molar-refractivity contribution in [1.29, 1.82) is 0 Å². The number of carbonyl (C=O) groups is 1. The van der Waals surface area contributed by atoms with Crippen molar-refractivity contribution < 1.29 is 4.79 Å². The summed E-state index contributed by atoms with van der Waals surface area (Å²) < 4.78 is 1.82. The number of nitrogens with two attached hydrogens (primary N) is 1. The highest BCUT2D eigenvalue weighted by Crippen LogP contribution is 2.22. The fourth-order valence-electron chi connectivity index (χ4n) is 1.87. The number of aliphatic imine (C=N–C) groups is 1. The maximum absolute atomic E-state index is 10.9. The number of hydrogen-bond acceptors (Lipinski definition) is 5. The molecule has 0 spiro atoms. The van der Waals surface area contributed by atoms with E-state index in [1.54, 1.807) is 12.4 Å². The standard InChI is InChI=1S/C10H11N7O/c11-8(18)10-14-9(15-16-10)6-2-4-17-7(12-5-6)1-3-13-17/h1,3,5-6H,2,4H2,(H2,11,18)(H,14,15,16). The Morgan fingerprint density at radius 2 is 2.44 bits per heavy atom. The van der Waals surface area contributed by atoms with Crippen LogP contribution < -0.4 is 5.73 Å². The van der Waals surface area contributed by atoms with Crippen molar-refractivity contribution in [2.24, 2.45) is 10.7 Å². The van der Waals surface area contributed by atoms with Gasteiger partial charge in [0.1, 0.15) is 11.6 Å². The Morgan fingerprint density at radius 3 is 3.22 bits per heavy atom. The molecule has 8 heteroatoms. The fourth-order valence-corrected chi connectivity index (χ4v) is 1.87. The van der Waals surface area contributed by atoms with Gasteiger partial charge in [0.2, 0.25) is 5.82 Å². The lowest BCUT2D eigenvalue weighted by molar-refractivity contribution is 0.0991. The van der Waals surface area contributed by atoms with Crippen LogP contribution in [0.25, 0.3) is 0 Å². The first-order valence-corrected chi connectivity index (χ1v) is 5.52. The molecule has 0 saturated carbocycles. The quantitative estimate of drug-likeness (QED) is 0.774. The van der Waals surface area contributed by atoms with E-state index in [0.717, 1.165) is 18.8 Å². The number of aromatic amines is 1. The topological polar surface area (TPSA) is 115 Å². The van der Waals surface area contributed by atoms with Gasteiger partial charge in [-0.1, -0.05) is 0 Å². The molecule has 1 aliphatic heterocycles. The Labute approximate surface area is 102 Å². The molecule has 0 saturated heterocycles.